The Kier molecular flexibility index (Phi) is 7.97. The average molecular weight is 473 g/mol. The Balaban J connectivity index is 1.27. The van der Waals surface area contributed by atoms with E-state index >= 15 is 0 Å². The first-order valence-corrected chi connectivity index (χ1v) is 12.9. The summed E-state index contributed by atoms with van der Waals surface area (Å²) in [6.07, 6.45) is 1.78. The van der Waals surface area contributed by atoms with Crippen molar-refractivity contribution in [1.29, 1.82) is 0 Å². The number of sulfonamides is 1. The number of morpholine rings is 1. The van der Waals surface area contributed by atoms with Crippen LogP contribution in [-0.4, -0.2) is 69.1 Å². The van der Waals surface area contributed by atoms with Gasteiger partial charge in [0.15, 0.2) is 0 Å². The summed E-state index contributed by atoms with van der Waals surface area (Å²) in [7, 11) is -3.62. The summed E-state index contributed by atoms with van der Waals surface area (Å²) in [6.45, 7) is 4.41. The third kappa shape index (κ3) is 6.32. The molecule has 2 aromatic carbocycles. The second kappa shape index (κ2) is 11.1. The first kappa shape index (κ1) is 23.7. The van der Waals surface area contributed by atoms with E-state index in [1.54, 1.807) is 24.3 Å². The quantitative estimate of drug-likeness (QED) is 0.645. The summed E-state index contributed by atoms with van der Waals surface area (Å²) >= 11 is 0. The molecule has 0 aromatic heterocycles. The van der Waals surface area contributed by atoms with Crippen LogP contribution in [0.15, 0.2) is 59.5 Å². The molecule has 2 aliphatic rings. The maximum absolute atomic E-state index is 13.1. The van der Waals surface area contributed by atoms with Gasteiger partial charge in [-0.05, 0) is 30.0 Å². The highest BCUT2D eigenvalue weighted by Crippen LogP contribution is 2.21. The van der Waals surface area contributed by atoms with Crippen LogP contribution in [0.5, 0.6) is 0 Å². The molecule has 2 aliphatic heterocycles. The van der Waals surface area contributed by atoms with E-state index in [4.69, 9.17) is 4.74 Å². The van der Waals surface area contributed by atoms with Crippen molar-refractivity contribution in [2.75, 3.05) is 39.4 Å². The van der Waals surface area contributed by atoms with Crippen molar-refractivity contribution < 1.29 is 17.9 Å². The van der Waals surface area contributed by atoms with E-state index in [9.17, 15) is 13.2 Å². The van der Waals surface area contributed by atoms with E-state index in [2.05, 4.69) is 39.8 Å². The lowest BCUT2D eigenvalue weighted by Gasteiger charge is -2.32. The molecule has 2 amide bonds. The van der Waals surface area contributed by atoms with Gasteiger partial charge < -0.3 is 15.4 Å². The fraction of sp³-hybridized carbons (Fsp3) is 0.458. The van der Waals surface area contributed by atoms with E-state index < -0.39 is 10.0 Å². The summed E-state index contributed by atoms with van der Waals surface area (Å²) in [5.41, 5.74) is 1.88. The molecule has 0 aliphatic carbocycles. The first-order valence-electron chi connectivity index (χ1n) is 11.5. The zero-order chi connectivity index (χ0) is 23.1. The van der Waals surface area contributed by atoms with Crippen molar-refractivity contribution in [2.24, 2.45) is 0 Å². The van der Waals surface area contributed by atoms with Crippen LogP contribution in [0.1, 0.15) is 24.0 Å². The minimum Gasteiger partial charge on any atom is -0.379 e. The lowest BCUT2D eigenvalue weighted by Crippen LogP contribution is -2.47. The third-order valence-electron chi connectivity index (χ3n) is 6.17. The molecule has 0 atom stereocenters. The van der Waals surface area contributed by atoms with Crippen LogP contribution >= 0.6 is 0 Å². The van der Waals surface area contributed by atoms with Crippen LogP contribution in [0.25, 0.3) is 0 Å². The molecule has 2 N–H and O–H groups in total. The topological polar surface area (TPSA) is 91.0 Å². The van der Waals surface area contributed by atoms with Crippen LogP contribution in [0, 0.1) is 0 Å². The zero-order valence-electron chi connectivity index (χ0n) is 18.8. The summed E-state index contributed by atoms with van der Waals surface area (Å²) < 4.78 is 32.9. The Labute approximate surface area is 196 Å². The van der Waals surface area contributed by atoms with Crippen LogP contribution in [-0.2, 0) is 27.8 Å². The van der Waals surface area contributed by atoms with E-state index in [1.165, 1.54) is 9.87 Å². The van der Waals surface area contributed by atoms with E-state index in [0.717, 1.165) is 32.5 Å². The van der Waals surface area contributed by atoms with E-state index in [-0.39, 0.29) is 23.5 Å². The Morgan fingerprint density at radius 3 is 2.33 bits per heavy atom. The number of piperidine rings is 1. The van der Waals surface area contributed by atoms with Gasteiger partial charge in [-0.2, -0.15) is 4.31 Å². The molecule has 2 aromatic rings. The molecule has 33 heavy (non-hydrogen) atoms. The number of urea groups is 1. The molecule has 8 nitrogen and oxygen atoms in total. The number of hydrogen-bond donors (Lipinski definition) is 2. The Morgan fingerprint density at radius 1 is 0.939 bits per heavy atom. The zero-order valence-corrected chi connectivity index (χ0v) is 19.6. The van der Waals surface area contributed by atoms with E-state index in [1.807, 2.05) is 6.07 Å². The Bertz CT molecular complexity index is 1020. The number of ether oxygens (including phenoxy) is 1. The van der Waals surface area contributed by atoms with Crippen molar-refractivity contribution in [3.05, 3.63) is 65.7 Å². The molecule has 2 fully saturated rings. The van der Waals surface area contributed by atoms with Gasteiger partial charge in [0.2, 0.25) is 10.0 Å². The van der Waals surface area contributed by atoms with Crippen LogP contribution in [0.2, 0.25) is 0 Å². The highest BCUT2D eigenvalue weighted by atomic mass is 32.2. The van der Waals surface area contributed by atoms with Gasteiger partial charge in [-0.15, -0.1) is 0 Å². The van der Waals surface area contributed by atoms with Gasteiger partial charge in [-0.1, -0.05) is 48.5 Å². The molecule has 0 spiro atoms. The second-order valence-corrected chi connectivity index (χ2v) is 10.4. The molecule has 2 heterocycles. The largest absolute Gasteiger partial charge is 0.379 e. The SMILES string of the molecule is O=C(NCc1ccccc1S(=O)(=O)N1CCOCC1)NC1CCN(Cc2ccccc2)CC1. The third-order valence-corrected chi connectivity index (χ3v) is 8.17. The molecule has 2 saturated heterocycles. The Morgan fingerprint density at radius 2 is 1.61 bits per heavy atom. The van der Waals surface area contributed by atoms with Crippen molar-refractivity contribution in [2.45, 2.75) is 36.9 Å². The predicted octanol–water partition coefficient (Wildman–Crippen LogP) is 2.17. The lowest BCUT2D eigenvalue weighted by atomic mass is 10.0. The molecule has 4 rings (SSSR count). The molecule has 0 bridgehead atoms. The summed E-state index contributed by atoms with van der Waals surface area (Å²) in [6, 6.07) is 17.1. The standard InChI is InChI=1S/C24H32N4O4S/c29-24(26-22-10-12-27(13-11-22)19-20-6-2-1-3-7-20)25-18-21-8-4-5-9-23(21)33(30,31)28-14-16-32-17-15-28/h1-9,22H,10-19H2,(H2,25,26,29). The van der Waals surface area contributed by atoms with E-state index in [0.29, 0.717) is 31.9 Å². The number of nitrogens with zero attached hydrogens (tertiary/aromatic N) is 2. The summed E-state index contributed by atoms with van der Waals surface area (Å²) in [5, 5.41) is 5.88. The Hall–Kier alpha value is -2.46. The minimum atomic E-state index is -3.62. The van der Waals surface area contributed by atoms with Crippen molar-refractivity contribution in [3.63, 3.8) is 0 Å². The summed E-state index contributed by atoms with van der Waals surface area (Å²) in [4.78, 5) is 15.1. The maximum Gasteiger partial charge on any atom is 0.315 e. The number of likely N-dealkylation sites (tertiary alicyclic amines) is 1. The molecular formula is C24H32N4O4S. The average Bonchev–Trinajstić information content (AvgIpc) is 2.85. The van der Waals surface area contributed by atoms with Crippen LogP contribution in [0.4, 0.5) is 4.79 Å². The smallest absolute Gasteiger partial charge is 0.315 e. The van der Waals surface area contributed by atoms with Gasteiger partial charge >= 0.3 is 6.03 Å². The molecule has 0 radical (unpaired) electrons. The van der Waals surface area contributed by atoms with Crippen molar-refractivity contribution >= 4 is 16.1 Å². The number of hydrogen-bond acceptors (Lipinski definition) is 5. The number of nitrogens with one attached hydrogen (secondary N) is 2. The van der Waals surface area contributed by atoms with Crippen LogP contribution < -0.4 is 10.6 Å². The highest BCUT2D eigenvalue weighted by molar-refractivity contribution is 7.89. The molecule has 9 heteroatoms. The second-order valence-electron chi connectivity index (χ2n) is 8.49. The number of amides is 2. The van der Waals surface area contributed by atoms with Gasteiger partial charge in [0.25, 0.3) is 0 Å². The van der Waals surface area contributed by atoms with Crippen molar-refractivity contribution in [1.82, 2.24) is 19.8 Å². The normalized spacial score (nSPS) is 18.7. The fourth-order valence-electron chi connectivity index (χ4n) is 4.32. The first-order chi connectivity index (χ1) is 16.0. The monoisotopic (exact) mass is 472 g/mol. The van der Waals surface area contributed by atoms with Gasteiger partial charge in [-0.3, -0.25) is 4.90 Å². The summed E-state index contributed by atoms with van der Waals surface area (Å²) in [5.74, 6) is 0. The van der Waals surface area contributed by atoms with Crippen molar-refractivity contribution in [3.8, 4) is 0 Å². The molecule has 0 unspecified atom stereocenters. The van der Waals surface area contributed by atoms with Gasteiger partial charge in [0.1, 0.15) is 0 Å². The van der Waals surface area contributed by atoms with Gasteiger partial charge in [0.05, 0.1) is 18.1 Å². The molecule has 0 saturated carbocycles. The fourth-order valence-corrected chi connectivity index (χ4v) is 5.95. The number of carbonyl (C=O) groups is 1. The minimum absolute atomic E-state index is 0.115. The van der Waals surface area contributed by atoms with Crippen LogP contribution in [0.3, 0.4) is 0 Å². The predicted molar refractivity (Wildman–Crippen MR) is 126 cm³/mol. The number of benzene rings is 2. The number of rotatable bonds is 7. The van der Waals surface area contributed by atoms with Gasteiger partial charge in [-0.25, -0.2) is 13.2 Å². The lowest BCUT2D eigenvalue weighted by molar-refractivity contribution is 0.0730. The number of carbonyl (C=O) groups excluding carboxylic acids is 1. The highest BCUT2D eigenvalue weighted by Gasteiger charge is 2.28. The van der Waals surface area contributed by atoms with Gasteiger partial charge in [0, 0.05) is 45.3 Å². The maximum atomic E-state index is 13.1. The molecular weight excluding hydrogens is 440 g/mol. The molecule has 178 valence electrons.